The van der Waals surface area contributed by atoms with E-state index in [-0.39, 0.29) is 11.8 Å². The Balaban J connectivity index is 1.99. The van der Waals surface area contributed by atoms with Crippen molar-refractivity contribution >= 4 is 34.7 Å². The molecule has 0 aliphatic rings. The fourth-order valence-electron chi connectivity index (χ4n) is 1.38. The summed E-state index contributed by atoms with van der Waals surface area (Å²) in [5, 5.41) is 7.21. The molecule has 2 aromatic rings. The number of carbonyl (C=O) groups is 2. The van der Waals surface area contributed by atoms with Crippen molar-refractivity contribution in [3.8, 4) is 0 Å². The van der Waals surface area contributed by atoms with E-state index in [0.29, 0.717) is 22.8 Å². The molecule has 98 valence electrons. The molecule has 2 heterocycles. The van der Waals surface area contributed by atoms with E-state index in [1.54, 1.807) is 25.1 Å². The standard InChI is InChI=1S/C13H13N3O2S/c1-2-12(17)15-9-5-6-11(14-8-9)16-13(18)10-4-3-7-19-10/h3-8H,2H2,1H3,(H,15,17)(H,14,16,18). The van der Waals surface area contributed by atoms with Gasteiger partial charge in [0, 0.05) is 6.42 Å². The lowest BCUT2D eigenvalue weighted by Gasteiger charge is -2.05. The van der Waals surface area contributed by atoms with Gasteiger partial charge in [-0.05, 0) is 23.6 Å². The lowest BCUT2D eigenvalue weighted by molar-refractivity contribution is -0.115. The molecule has 0 aliphatic heterocycles. The third-order valence-corrected chi connectivity index (χ3v) is 3.22. The molecule has 0 aliphatic carbocycles. The van der Waals surface area contributed by atoms with Crippen LogP contribution >= 0.6 is 11.3 Å². The van der Waals surface area contributed by atoms with Crippen LogP contribution in [0.1, 0.15) is 23.0 Å². The summed E-state index contributed by atoms with van der Waals surface area (Å²) >= 11 is 1.37. The molecule has 0 atom stereocenters. The maximum Gasteiger partial charge on any atom is 0.266 e. The summed E-state index contributed by atoms with van der Waals surface area (Å²) < 4.78 is 0. The van der Waals surface area contributed by atoms with E-state index in [0.717, 1.165) is 0 Å². The average molecular weight is 275 g/mol. The minimum Gasteiger partial charge on any atom is -0.325 e. The number of hydrogen-bond acceptors (Lipinski definition) is 4. The van der Waals surface area contributed by atoms with Crippen LogP contribution in [0.5, 0.6) is 0 Å². The quantitative estimate of drug-likeness (QED) is 0.901. The van der Waals surface area contributed by atoms with Crippen LogP contribution < -0.4 is 10.6 Å². The Labute approximate surface area is 114 Å². The maximum absolute atomic E-state index is 11.8. The number of rotatable bonds is 4. The van der Waals surface area contributed by atoms with Gasteiger partial charge >= 0.3 is 0 Å². The van der Waals surface area contributed by atoms with Gasteiger partial charge in [0.05, 0.1) is 16.8 Å². The SMILES string of the molecule is CCC(=O)Nc1ccc(NC(=O)c2cccs2)nc1. The third-order valence-electron chi connectivity index (χ3n) is 2.35. The first-order chi connectivity index (χ1) is 9.19. The van der Waals surface area contributed by atoms with E-state index in [9.17, 15) is 9.59 Å². The molecule has 2 N–H and O–H groups in total. The molecule has 0 aromatic carbocycles. The second kappa shape index (κ2) is 6.10. The van der Waals surface area contributed by atoms with Crippen LogP contribution in [-0.2, 0) is 4.79 Å². The van der Waals surface area contributed by atoms with E-state index < -0.39 is 0 Å². The average Bonchev–Trinajstić information content (AvgIpc) is 2.95. The highest BCUT2D eigenvalue weighted by molar-refractivity contribution is 7.12. The topological polar surface area (TPSA) is 71.1 Å². The highest BCUT2D eigenvalue weighted by Gasteiger charge is 2.07. The van der Waals surface area contributed by atoms with Crippen molar-refractivity contribution in [1.29, 1.82) is 0 Å². The normalized spacial score (nSPS) is 9.95. The summed E-state index contributed by atoms with van der Waals surface area (Å²) in [5.41, 5.74) is 0.612. The van der Waals surface area contributed by atoms with E-state index in [4.69, 9.17) is 0 Å². The molecule has 0 fully saturated rings. The number of nitrogens with zero attached hydrogens (tertiary/aromatic N) is 1. The third kappa shape index (κ3) is 3.62. The Morgan fingerprint density at radius 1 is 1.26 bits per heavy atom. The van der Waals surface area contributed by atoms with Crippen molar-refractivity contribution < 1.29 is 9.59 Å². The van der Waals surface area contributed by atoms with E-state index >= 15 is 0 Å². The fraction of sp³-hybridized carbons (Fsp3) is 0.154. The molecule has 0 saturated carbocycles. The summed E-state index contributed by atoms with van der Waals surface area (Å²) in [6, 6.07) is 6.91. The fourth-order valence-corrected chi connectivity index (χ4v) is 2.00. The Kier molecular flexibility index (Phi) is 4.25. The van der Waals surface area contributed by atoms with Gasteiger partial charge in [-0.3, -0.25) is 9.59 Å². The lowest BCUT2D eigenvalue weighted by Crippen LogP contribution is -2.12. The molecule has 0 bridgehead atoms. The maximum atomic E-state index is 11.8. The lowest BCUT2D eigenvalue weighted by atomic mass is 10.3. The van der Waals surface area contributed by atoms with Gasteiger partial charge in [-0.2, -0.15) is 0 Å². The smallest absolute Gasteiger partial charge is 0.266 e. The van der Waals surface area contributed by atoms with Gasteiger partial charge in [-0.1, -0.05) is 13.0 Å². The predicted octanol–water partition coefficient (Wildman–Crippen LogP) is 2.74. The molecule has 5 nitrogen and oxygen atoms in total. The van der Waals surface area contributed by atoms with Crippen molar-refractivity contribution in [2.75, 3.05) is 10.6 Å². The molecule has 0 unspecified atom stereocenters. The van der Waals surface area contributed by atoms with Gasteiger partial charge in [0.2, 0.25) is 5.91 Å². The molecule has 0 saturated heterocycles. The molecular formula is C13H13N3O2S. The van der Waals surface area contributed by atoms with Gasteiger partial charge in [-0.15, -0.1) is 11.3 Å². The van der Waals surface area contributed by atoms with Crippen molar-refractivity contribution in [2.45, 2.75) is 13.3 Å². The van der Waals surface area contributed by atoms with E-state index in [1.165, 1.54) is 17.5 Å². The Hall–Kier alpha value is -2.21. The highest BCUT2D eigenvalue weighted by Crippen LogP contribution is 2.13. The zero-order chi connectivity index (χ0) is 13.7. The van der Waals surface area contributed by atoms with Gasteiger partial charge < -0.3 is 10.6 Å². The number of thiophene rings is 1. The number of nitrogens with one attached hydrogen (secondary N) is 2. The van der Waals surface area contributed by atoms with Gasteiger partial charge in [-0.25, -0.2) is 4.98 Å². The molecule has 2 amide bonds. The molecule has 6 heteroatoms. The van der Waals surface area contributed by atoms with Crippen LogP contribution in [0.15, 0.2) is 35.8 Å². The monoisotopic (exact) mass is 275 g/mol. The molecular weight excluding hydrogens is 262 g/mol. The first-order valence-electron chi connectivity index (χ1n) is 5.80. The Bertz CT molecular complexity index is 564. The Morgan fingerprint density at radius 2 is 2.11 bits per heavy atom. The summed E-state index contributed by atoms with van der Waals surface area (Å²) in [4.78, 5) is 27.7. The molecule has 2 aromatic heterocycles. The summed E-state index contributed by atoms with van der Waals surface area (Å²) in [6.07, 6.45) is 1.93. The first-order valence-corrected chi connectivity index (χ1v) is 6.67. The van der Waals surface area contributed by atoms with Crippen molar-refractivity contribution in [3.63, 3.8) is 0 Å². The number of hydrogen-bond donors (Lipinski definition) is 2. The predicted molar refractivity (Wildman–Crippen MR) is 75.4 cm³/mol. The van der Waals surface area contributed by atoms with Crippen molar-refractivity contribution in [3.05, 3.63) is 40.7 Å². The molecule has 0 spiro atoms. The van der Waals surface area contributed by atoms with Crippen LogP contribution in [0, 0.1) is 0 Å². The highest BCUT2D eigenvalue weighted by atomic mass is 32.1. The van der Waals surface area contributed by atoms with Gasteiger partial charge in [0.25, 0.3) is 5.91 Å². The van der Waals surface area contributed by atoms with Crippen LogP contribution in [-0.4, -0.2) is 16.8 Å². The summed E-state index contributed by atoms with van der Waals surface area (Å²) in [6.45, 7) is 1.78. The van der Waals surface area contributed by atoms with Gasteiger partial charge in [0.15, 0.2) is 0 Å². The molecule has 0 radical (unpaired) electrons. The second-order valence-electron chi connectivity index (χ2n) is 3.77. The molecule has 19 heavy (non-hydrogen) atoms. The van der Waals surface area contributed by atoms with Crippen molar-refractivity contribution in [1.82, 2.24) is 4.98 Å². The van der Waals surface area contributed by atoms with Gasteiger partial charge in [0.1, 0.15) is 5.82 Å². The second-order valence-corrected chi connectivity index (χ2v) is 4.71. The number of anilines is 2. The van der Waals surface area contributed by atoms with E-state index in [1.807, 2.05) is 11.4 Å². The minimum atomic E-state index is -0.187. The number of pyridine rings is 1. The first kappa shape index (κ1) is 13.2. The number of amides is 2. The zero-order valence-electron chi connectivity index (χ0n) is 10.3. The van der Waals surface area contributed by atoms with E-state index in [2.05, 4.69) is 15.6 Å². The van der Waals surface area contributed by atoms with Crippen LogP contribution in [0.2, 0.25) is 0 Å². The number of aromatic nitrogens is 1. The van der Waals surface area contributed by atoms with Crippen molar-refractivity contribution in [2.24, 2.45) is 0 Å². The zero-order valence-corrected chi connectivity index (χ0v) is 11.2. The summed E-state index contributed by atoms with van der Waals surface area (Å²) in [5.74, 6) is 0.193. The van der Waals surface area contributed by atoms with Crippen LogP contribution in [0.25, 0.3) is 0 Å². The Morgan fingerprint density at radius 3 is 2.68 bits per heavy atom. The minimum absolute atomic E-state index is 0.0721. The number of carbonyl (C=O) groups excluding carboxylic acids is 2. The summed E-state index contributed by atoms with van der Waals surface area (Å²) in [7, 11) is 0. The molecule has 2 rings (SSSR count). The van der Waals surface area contributed by atoms with Crippen LogP contribution in [0.3, 0.4) is 0 Å². The van der Waals surface area contributed by atoms with Crippen LogP contribution in [0.4, 0.5) is 11.5 Å². The largest absolute Gasteiger partial charge is 0.325 e.